The zero-order valence-electron chi connectivity index (χ0n) is 12.4. The molecular weight excluding hydrogens is 290 g/mol. The van der Waals surface area contributed by atoms with Crippen molar-refractivity contribution in [3.63, 3.8) is 0 Å². The van der Waals surface area contributed by atoms with E-state index in [0.29, 0.717) is 12.4 Å². The molecule has 3 aromatic rings. The van der Waals surface area contributed by atoms with Crippen molar-refractivity contribution in [2.24, 2.45) is 0 Å². The van der Waals surface area contributed by atoms with Crippen molar-refractivity contribution in [1.29, 1.82) is 0 Å². The van der Waals surface area contributed by atoms with E-state index >= 15 is 0 Å². The van der Waals surface area contributed by atoms with E-state index in [1.165, 1.54) is 6.26 Å². The van der Waals surface area contributed by atoms with Crippen molar-refractivity contribution in [2.45, 2.75) is 6.04 Å². The van der Waals surface area contributed by atoms with Crippen LogP contribution in [0, 0.1) is 0 Å². The standard InChI is InChI=1S/C19H15NO3/c21-19(20-16-12-23-17-9-5-4-8-15(16)17)18-14(10-11-22-18)13-6-2-1-3-7-13/h1-11,16H,12H2,(H,20,21)/t16-/m1/s1. The van der Waals surface area contributed by atoms with Crippen LogP contribution in [0.4, 0.5) is 0 Å². The molecule has 114 valence electrons. The number of para-hydroxylation sites is 1. The van der Waals surface area contributed by atoms with Gasteiger partial charge in [-0.1, -0.05) is 48.5 Å². The summed E-state index contributed by atoms with van der Waals surface area (Å²) in [6.07, 6.45) is 1.54. The Bertz CT molecular complexity index is 839. The predicted molar refractivity (Wildman–Crippen MR) is 86.3 cm³/mol. The number of fused-ring (bicyclic) bond motifs is 1. The molecule has 4 nitrogen and oxygen atoms in total. The minimum Gasteiger partial charge on any atom is -0.491 e. The van der Waals surface area contributed by atoms with Gasteiger partial charge in [0.2, 0.25) is 0 Å². The number of furan rings is 1. The second-order valence-corrected chi connectivity index (χ2v) is 5.40. The molecule has 1 atom stereocenters. The number of nitrogens with one attached hydrogen (secondary N) is 1. The smallest absolute Gasteiger partial charge is 0.288 e. The molecule has 4 rings (SSSR count). The molecule has 0 unspecified atom stereocenters. The van der Waals surface area contributed by atoms with E-state index in [2.05, 4.69) is 5.32 Å². The Balaban J connectivity index is 1.59. The van der Waals surface area contributed by atoms with Gasteiger partial charge in [-0.05, 0) is 17.7 Å². The molecule has 0 bridgehead atoms. The highest BCUT2D eigenvalue weighted by atomic mass is 16.5. The number of amides is 1. The molecule has 0 saturated heterocycles. The van der Waals surface area contributed by atoms with Crippen LogP contribution in [0.2, 0.25) is 0 Å². The molecule has 1 aliphatic heterocycles. The van der Waals surface area contributed by atoms with Crippen LogP contribution in [0.5, 0.6) is 5.75 Å². The molecule has 2 heterocycles. The van der Waals surface area contributed by atoms with Gasteiger partial charge < -0.3 is 14.5 Å². The number of hydrogen-bond donors (Lipinski definition) is 1. The van der Waals surface area contributed by atoms with Crippen molar-refractivity contribution in [2.75, 3.05) is 6.61 Å². The van der Waals surface area contributed by atoms with Crippen LogP contribution in [-0.2, 0) is 0 Å². The number of rotatable bonds is 3. The fraction of sp³-hybridized carbons (Fsp3) is 0.105. The largest absolute Gasteiger partial charge is 0.491 e. The average molecular weight is 305 g/mol. The van der Waals surface area contributed by atoms with E-state index in [1.807, 2.05) is 60.7 Å². The second-order valence-electron chi connectivity index (χ2n) is 5.40. The van der Waals surface area contributed by atoms with Crippen molar-refractivity contribution < 1.29 is 13.9 Å². The Morgan fingerprint density at radius 1 is 1.00 bits per heavy atom. The van der Waals surface area contributed by atoms with Gasteiger partial charge in [0.1, 0.15) is 12.4 Å². The van der Waals surface area contributed by atoms with E-state index in [9.17, 15) is 4.79 Å². The van der Waals surface area contributed by atoms with Crippen molar-refractivity contribution >= 4 is 5.91 Å². The summed E-state index contributed by atoms with van der Waals surface area (Å²) in [5.41, 5.74) is 2.73. The SMILES string of the molecule is O=C(N[C@@H]1COc2ccccc21)c1occc1-c1ccccc1. The highest BCUT2D eigenvalue weighted by Crippen LogP contribution is 2.32. The lowest BCUT2D eigenvalue weighted by Crippen LogP contribution is -2.29. The van der Waals surface area contributed by atoms with Crippen molar-refractivity contribution in [3.05, 3.63) is 78.3 Å². The van der Waals surface area contributed by atoms with E-state index in [4.69, 9.17) is 9.15 Å². The molecule has 1 aromatic heterocycles. The highest BCUT2D eigenvalue weighted by Gasteiger charge is 2.27. The molecule has 2 aromatic carbocycles. The molecule has 0 fully saturated rings. The van der Waals surface area contributed by atoms with E-state index < -0.39 is 0 Å². The summed E-state index contributed by atoms with van der Waals surface area (Å²) in [7, 11) is 0. The Morgan fingerprint density at radius 2 is 1.78 bits per heavy atom. The predicted octanol–water partition coefficient (Wildman–Crippen LogP) is 3.81. The highest BCUT2D eigenvalue weighted by molar-refractivity contribution is 5.98. The molecular formula is C19H15NO3. The first-order valence-corrected chi connectivity index (χ1v) is 7.48. The van der Waals surface area contributed by atoms with Crippen LogP contribution >= 0.6 is 0 Å². The third-order valence-corrected chi connectivity index (χ3v) is 3.96. The maximum atomic E-state index is 12.6. The van der Waals surface area contributed by atoms with Gasteiger partial charge in [-0.2, -0.15) is 0 Å². The summed E-state index contributed by atoms with van der Waals surface area (Å²) >= 11 is 0. The zero-order chi connectivity index (χ0) is 15.6. The molecule has 23 heavy (non-hydrogen) atoms. The van der Waals surface area contributed by atoms with Crippen LogP contribution in [0.3, 0.4) is 0 Å². The van der Waals surface area contributed by atoms with Gasteiger partial charge in [0.25, 0.3) is 5.91 Å². The molecule has 0 spiro atoms. The first-order valence-electron chi connectivity index (χ1n) is 7.48. The monoisotopic (exact) mass is 305 g/mol. The van der Waals surface area contributed by atoms with E-state index in [0.717, 1.165) is 22.4 Å². The number of ether oxygens (including phenoxy) is 1. The van der Waals surface area contributed by atoms with Crippen LogP contribution in [0.15, 0.2) is 71.3 Å². The number of hydrogen-bond acceptors (Lipinski definition) is 3. The minimum absolute atomic E-state index is 0.160. The normalized spacial score (nSPS) is 15.7. The van der Waals surface area contributed by atoms with E-state index in [1.54, 1.807) is 0 Å². The lowest BCUT2D eigenvalue weighted by molar-refractivity contribution is 0.0903. The first kappa shape index (κ1) is 13.6. The van der Waals surface area contributed by atoms with Gasteiger partial charge in [0, 0.05) is 11.1 Å². The summed E-state index contributed by atoms with van der Waals surface area (Å²) in [6, 6.07) is 19.1. The fourth-order valence-electron chi connectivity index (χ4n) is 2.84. The molecule has 0 saturated carbocycles. The van der Waals surface area contributed by atoms with Crippen LogP contribution < -0.4 is 10.1 Å². The molecule has 1 amide bonds. The third kappa shape index (κ3) is 2.48. The zero-order valence-corrected chi connectivity index (χ0v) is 12.4. The fourth-order valence-corrected chi connectivity index (χ4v) is 2.84. The Kier molecular flexibility index (Phi) is 3.35. The van der Waals surface area contributed by atoms with Gasteiger partial charge in [-0.25, -0.2) is 0 Å². The van der Waals surface area contributed by atoms with Crippen molar-refractivity contribution in [3.8, 4) is 16.9 Å². The maximum absolute atomic E-state index is 12.6. The average Bonchev–Trinajstić information content (AvgIpc) is 3.23. The maximum Gasteiger partial charge on any atom is 0.288 e. The quantitative estimate of drug-likeness (QED) is 0.800. The Labute approximate surface area is 133 Å². The lowest BCUT2D eigenvalue weighted by atomic mass is 10.1. The molecule has 4 heteroatoms. The van der Waals surface area contributed by atoms with Gasteiger partial charge in [-0.3, -0.25) is 4.79 Å². The van der Waals surface area contributed by atoms with E-state index in [-0.39, 0.29) is 11.9 Å². The number of carbonyl (C=O) groups is 1. The van der Waals surface area contributed by atoms with Gasteiger partial charge in [0.05, 0.1) is 12.3 Å². The van der Waals surface area contributed by atoms with Gasteiger partial charge >= 0.3 is 0 Å². The summed E-state index contributed by atoms with van der Waals surface area (Å²) < 4.78 is 11.0. The molecule has 1 N–H and O–H groups in total. The third-order valence-electron chi connectivity index (χ3n) is 3.96. The lowest BCUT2D eigenvalue weighted by Gasteiger charge is -2.11. The molecule has 0 aliphatic carbocycles. The van der Waals surface area contributed by atoms with Crippen molar-refractivity contribution in [1.82, 2.24) is 5.32 Å². The van der Waals surface area contributed by atoms with Crippen LogP contribution in [-0.4, -0.2) is 12.5 Å². The Hall–Kier alpha value is -3.01. The summed E-state index contributed by atoms with van der Waals surface area (Å²) in [5, 5.41) is 2.99. The molecule has 0 radical (unpaired) electrons. The first-order chi connectivity index (χ1) is 11.3. The number of benzene rings is 2. The van der Waals surface area contributed by atoms with Gasteiger partial charge in [-0.15, -0.1) is 0 Å². The van der Waals surface area contributed by atoms with Crippen LogP contribution in [0.1, 0.15) is 22.2 Å². The summed E-state index contributed by atoms with van der Waals surface area (Å²) in [4.78, 5) is 12.6. The summed E-state index contributed by atoms with van der Waals surface area (Å²) in [5.74, 6) is 0.903. The van der Waals surface area contributed by atoms with Gasteiger partial charge in [0.15, 0.2) is 5.76 Å². The topological polar surface area (TPSA) is 51.5 Å². The summed E-state index contributed by atoms with van der Waals surface area (Å²) in [6.45, 7) is 0.437. The van der Waals surface area contributed by atoms with Crippen LogP contribution in [0.25, 0.3) is 11.1 Å². The second kappa shape index (κ2) is 5.65. The molecule has 1 aliphatic rings. The Morgan fingerprint density at radius 3 is 2.65 bits per heavy atom. The number of carbonyl (C=O) groups excluding carboxylic acids is 1. The minimum atomic E-state index is -0.237.